The fourth-order valence-electron chi connectivity index (χ4n) is 3.49. The number of para-hydroxylation sites is 1. The van der Waals surface area contributed by atoms with E-state index in [1.807, 2.05) is 37.3 Å². The number of benzene rings is 2. The number of carbonyl (C=O) groups is 1. The van der Waals surface area contributed by atoms with Gasteiger partial charge < -0.3 is 14.6 Å². The van der Waals surface area contributed by atoms with Crippen LogP contribution in [0.5, 0.6) is 11.5 Å². The second kappa shape index (κ2) is 13.5. The van der Waals surface area contributed by atoms with E-state index in [1.165, 1.54) is 4.90 Å². The van der Waals surface area contributed by atoms with Gasteiger partial charge in [0.1, 0.15) is 18.1 Å². The zero-order chi connectivity index (χ0) is 24.1. The van der Waals surface area contributed by atoms with Crippen LogP contribution in [0.3, 0.4) is 0 Å². The predicted molar refractivity (Wildman–Crippen MR) is 134 cm³/mol. The average Bonchev–Trinajstić information content (AvgIpc) is 2.82. The number of aliphatic hydroxyl groups is 1. The normalized spacial score (nSPS) is 14.9. The van der Waals surface area contributed by atoms with Gasteiger partial charge in [-0.3, -0.25) is 9.80 Å². The van der Waals surface area contributed by atoms with Crippen LogP contribution in [0.2, 0.25) is 0 Å². The molecule has 2 aromatic rings. The Morgan fingerprint density at radius 3 is 2.24 bits per heavy atom. The maximum atomic E-state index is 12.3. The van der Waals surface area contributed by atoms with E-state index >= 15 is 0 Å². The standard InChI is InChI=1S/C24H30N2O4.C3H6/c1-3-13-24(28)14-16-26(17-15-24)18-19-29-21-9-11-22(12-10-21)30-23(27)25(2)20-7-5-4-6-8-20;1-3-2/h3-12,28H,1,13-19H2,2H3;3H,1H2,2H3. The molecular weight excluding hydrogens is 416 g/mol. The van der Waals surface area contributed by atoms with Crippen LogP contribution in [0, 0.1) is 0 Å². The van der Waals surface area contributed by atoms with Crippen molar-refractivity contribution in [2.24, 2.45) is 0 Å². The second-order valence-electron chi connectivity index (χ2n) is 8.05. The summed E-state index contributed by atoms with van der Waals surface area (Å²) in [4.78, 5) is 16.0. The molecule has 178 valence electrons. The van der Waals surface area contributed by atoms with Crippen molar-refractivity contribution in [1.82, 2.24) is 4.90 Å². The monoisotopic (exact) mass is 452 g/mol. The Morgan fingerprint density at radius 2 is 1.67 bits per heavy atom. The molecule has 1 N–H and O–H groups in total. The lowest BCUT2D eigenvalue weighted by molar-refractivity contribution is -0.0205. The highest BCUT2D eigenvalue weighted by Crippen LogP contribution is 2.26. The highest BCUT2D eigenvalue weighted by Gasteiger charge is 2.30. The van der Waals surface area contributed by atoms with Crippen LogP contribution in [0.1, 0.15) is 26.2 Å². The number of carbonyl (C=O) groups excluding carboxylic acids is 1. The molecule has 1 aliphatic rings. The van der Waals surface area contributed by atoms with Gasteiger partial charge in [-0.05, 0) is 62.6 Å². The van der Waals surface area contributed by atoms with Crippen molar-refractivity contribution in [3.05, 3.63) is 79.9 Å². The van der Waals surface area contributed by atoms with Gasteiger partial charge in [-0.2, -0.15) is 0 Å². The minimum atomic E-state index is -0.596. The van der Waals surface area contributed by atoms with Crippen LogP contribution < -0.4 is 14.4 Å². The third kappa shape index (κ3) is 8.75. The molecule has 0 aromatic heterocycles. The molecule has 0 bridgehead atoms. The molecule has 1 heterocycles. The quantitative estimate of drug-likeness (QED) is 0.551. The van der Waals surface area contributed by atoms with E-state index in [1.54, 1.807) is 43.5 Å². The number of hydrogen-bond acceptors (Lipinski definition) is 5. The molecule has 1 amide bonds. The van der Waals surface area contributed by atoms with E-state index in [0.717, 1.165) is 43.9 Å². The molecule has 33 heavy (non-hydrogen) atoms. The first-order valence-electron chi connectivity index (χ1n) is 11.3. The largest absolute Gasteiger partial charge is 0.492 e. The first-order valence-corrected chi connectivity index (χ1v) is 11.3. The van der Waals surface area contributed by atoms with Gasteiger partial charge in [0, 0.05) is 32.4 Å². The minimum absolute atomic E-state index is 0.448. The Bertz CT molecular complexity index is 859. The van der Waals surface area contributed by atoms with Crippen molar-refractivity contribution in [2.75, 3.05) is 38.2 Å². The Hall–Kier alpha value is -3.09. The number of likely N-dealkylation sites (tertiary alicyclic amines) is 1. The van der Waals surface area contributed by atoms with E-state index in [9.17, 15) is 9.90 Å². The Kier molecular flexibility index (Phi) is 10.7. The van der Waals surface area contributed by atoms with Gasteiger partial charge >= 0.3 is 6.09 Å². The number of piperidine rings is 1. The second-order valence-corrected chi connectivity index (χ2v) is 8.05. The molecule has 6 nitrogen and oxygen atoms in total. The Labute approximate surface area is 197 Å². The van der Waals surface area contributed by atoms with Crippen LogP contribution in [-0.2, 0) is 0 Å². The maximum absolute atomic E-state index is 12.3. The van der Waals surface area contributed by atoms with Crippen LogP contribution >= 0.6 is 0 Å². The fourth-order valence-corrected chi connectivity index (χ4v) is 3.49. The van der Waals surface area contributed by atoms with Gasteiger partial charge in [0.15, 0.2) is 0 Å². The fraction of sp³-hybridized carbons (Fsp3) is 0.370. The molecule has 1 saturated heterocycles. The molecule has 1 fully saturated rings. The smallest absolute Gasteiger partial charge is 0.419 e. The van der Waals surface area contributed by atoms with Crippen LogP contribution in [-0.4, -0.2) is 55.0 Å². The molecule has 0 radical (unpaired) electrons. The summed E-state index contributed by atoms with van der Waals surface area (Å²) < 4.78 is 11.2. The third-order valence-corrected chi connectivity index (χ3v) is 5.43. The van der Waals surface area contributed by atoms with Crippen molar-refractivity contribution >= 4 is 11.8 Å². The number of nitrogens with zero attached hydrogens (tertiary/aromatic N) is 2. The molecule has 0 saturated carbocycles. The highest BCUT2D eigenvalue weighted by atomic mass is 16.6. The molecular formula is C27H36N2O4. The van der Waals surface area contributed by atoms with Crippen molar-refractivity contribution in [3.8, 4) is 11.5 Å². The Balaban J connectivity index is 0.00000122. The number of ether oxygens (including phenoxy) is 2. The Morgan fingerprint density at radius 1 is 1.09 bits per heavy atom. The number of hydrogen-bond donors (Lipinski definition) is 1. The van der Waals surface area contributed by atoms with E-state index in [-0.39, 0.29) is 0 Å². The summed E-state index contributed by atoms with van der Waals surface area (Å²) in [7, 11) is 1.67. The SMILES string of the molecule is C=CC.C=CCC1(O)CCN(CCOc2ccc(OC(=O)N(C)c3ccccc3)cc2)CC1. The summed E-state index contributed by atoms with van der Waals surface area (Å²) in [5.74, 6) is 1.19. The molecule has 0 aliphatic carbocycles. The molecule has 0 unspecified atom stereocenters. The molecule has 3 rings (SSSR count). The van der Waals surface area contributed by atoms with Gasteiger partial charge in [0.25, 0.3) is 0 Å². The molecule has 1 aliphatic heterocycles. The lowest BCUT2D eigenvalue weighted by Crippen LogP contribution is -2.45. The van der Waals surface area contributed by atoms with Crippen molar-refractivity contribution in [1.29, 1.82) is 0 Å². The number of allylic oxidation sites excluding steroid dienone is 1. The van der Waals surface area contributed by atoms with Crippen molar-refractivity contribution in [2.45, 2.75) is 31.8 Å². The number of anilines is 1. The maximum Gasteiger partial charge on any atom is 0.419 e. The van der Waals surface area contributed by atoms with Crippen LogP contribution in [0.4, 0.5) is 10.5 Å². The summed E-state index contributed by atoms with van der Waals surface area (Å²) in [5, 5.41) is 10.4. The summed E-state index contributed by atoms with van der Waals surface area (Å²) in [5.41, 5.74) is 0.170. The topological polar surface area (TPSA) is 62.2 Å². The summed E-state index contributed by atoms with van der Waals surface area (Å²) >= 11 is 0. The number of amides is 1. The van der Waals surface area contributed by atoms with Gasteiger partial charge in [-0.15, -0.1) is 13.2 Å². The summed E-state index contributed by atoms with van der Waals surface area (Å²) in [6.07, 6.45) is 5.26. The van der Waals surface area contributed by atoms with Crippen molar-refractivity contribution in [3.63, 3.8) is 0 Å². The minimum Gasteiger partial charge on any atom is -0.492 e. The predicted octanol–water partition coefficient (Wildman–Crippen LogP) is 5.30. The van der Waals surface area contributed by atoms with E-state index in [2.05, 4.69) is 18.1 Å². The third-order valence-electron chi connectivity index (χ3n) is 5.43. The summed E-state index contributed by atoms with van der Waals surface area (Å²) in [6.45, 7) is 12.1. The van der Waals surface area contributed by atoms with E-state index in [0.29, 0.717) is 18.8 Å². The molecule has 6 heteroatoms. The lowest BCUT2D eigenvalue weighted by Gasteiger charge is -2.37. The van der Waals surface area contributed by atoms with Crippen LogP contribution in [0.15, 0.2) is 79.9 Å². The van der Waals surface area contributed by atoms with Gasteiger partial charge in [-0.25, -0.2) is 4.79 Å². The van der Waals surface area contributed by atoms with Crippen molar-refractivity contribution < 1.29 is 19.4 Å². The van der Waals surface area contributed by atoms with E-state index < -0.39 is 11.7 Å². The van der Waals surface area contributed by atoms with Crippen LogP contribution in [0.25, 0.3) is 0 Å². The first kappa shape index (κ1) is 26.2. The molecule has 2 aromatic carbocycles. The van der Waals surface area contributed by atoms with E-state index in [4.69, 9.17) is 9.47 Å². The lowest BCUT2D eigenvalue weighted by atomic mass is 9.88. The highest BCUT2D eigenvalue weighted by molar-refractivity contribution is 5.88. The van der Waals surface area contributed by atoms with Gasteiger partial charge in [0.2, 0.25) is 0 Å². The zero-order valence-electron chi connectivity index (χ0n) is 19.8. The first-order chi connectivity index (χ1) is 15.9. The van der Waals surface area contributed by atoms with Gasteiger partial charge in [0.05, 0.1) is 5.60 Å². The summed E-state index contributed by atoms with van der Waals surface area (Å²) in [6, 6.07) is 16.4. The molecule has 0 atom stereocenters. The number of rotatable bonds is 8. The zero-order valence-corrected chi connectivity index (χ0v) is 19.8. The van der Waals surface area contributed by atoms with Gasteiger partial charge in [-0.1, -0.05) is 30.4 Å². The molecule has 0 spiro atoms. The average molecular weight is 453 g/mol.